The van der Waals surface area contributed by atoms with Crippen LogP contribution in [0.5, 0.6) is 0 Å². The van der Waals surface area contributed by atoms with Crippen molar-refractivity contribution < 1.29 is 14.4 Å². The number of hydrazine groups is 1. The molecule has 124 valence electrons. The van der Waals surface area contributed by atoms with Crippen molar-refractivity contribution in [1.29, 1.82) is 0 Å². The van der Waals surface area contributed by atoms with Gasteiger partial charge in [-0.05, 0) is 12.5 Å². The Morgan fingerprint density at radius 2 is 2.00 bits per heavy atom. The summed E-state index contributed by atoms with van der Waals surface area (Å²) in [6.45, 7) is 3.13. The molecule has 2 N–H and O–H groups in total. The predicted octanol–water partition coefficient (Wildman–Crippen LogP) is 0.728. The van der Waals surface area contributed by atoms with E-state index in [-0.39, 0.29) is 24.3 Å². The Morgan fingerprint density at radius 1 is 1.30 bits per heavy atom. The van der Waals surface area contributed by atoms with Crippen LogP contribution in [-0.2, 0) is 16.1 Å². The minimum absolute atomic E-state index is 0.0466. The van der Waals surface area contributed by atoms with Crippen LogP contribution in [0.25, 0.3) is 0 Å². The Bertz CT molecular complexity index is 576. The van der Waals surface area contributed by atoms with E-state index in [1.807, 2.05) is 30.3 Å². The van der Waals surface area contributed by atoms with Crippen molar-refractivity contribution in [2.45, 2.75) is 19.9 Å². The lowest BCUT2D eigenvalue weighted by molar-refractivity contribution is -0.130. The van der Waals surface area contributed by atoms with Crippen molar-refractivity contribution >= 4 is 17.8 Å². The summed E-state index contributed by atoms with van der Waals surface area (Å²) in [7, 11) is 1.47. The maximum atomic E-state index is 12.2. The van der Waals surface area contributed by atoms with Gasteiger partial charge in [-0.25, -0.2) is 9.80 Å². The van der Waals surface area contributed by atoms with Gasteiger partial charge in [0.1, 0.15) is 0 Å². The molecule has 1 aliphatic heterocycles. The molecule has 4 amide bonds. The molecule has 7 heteroatoms. The Kier molecular flexibility index (Phi) is 5.56. The van der Waals surface area contributed by atoms with Crippen molar-refractivity contribution in [2.24, 2.45) is 5.92 Å². The molecule has 1 saturated heterocycles. The molecule has 0 bridgehead atoms. The highest BCUT2D eigenvalue weighted by atomic mass is 16.2. The topological polar surface area (TPSA) is 81.8 Å². The highest BCUT2D eigenvalue weighted by molar-refractivity contribution is 5.90. The molecule has 23 heavy (non-hydrogen) atoms. The van der Waals surface area contributed by atoms with Crippen LogP contribution in [0.15, 0.2) is 30.3 Å². The highest BCUT2D eigenvalue weighted by Crippen LogP contribution is 2.20. The summed E-state index contributed by atoms with van der Waals surface area (Å²) in [6, 6.07) is 9.27. The lowest BCUT2D eigenvalue weighted by atomic mass is 10.1. The molecule has 1 heterocycles. The lowest BCUT2D eigenvalue weighted by Gasteiger charge is -2.21. The van der Waals surface area contributed by atoms with Crippen LogP contribution in [0.4, 0.5) is 4.79 Å². The Balaban J connectivity index is 1.89. The maximum absolute atomic E-state index is 12.2. The molecule has 0 spiro atoms. The van der Waals surface area contributed by atoms with E-state index in [9.17, 15) is 14.4 Å². The van der Waals surface area contributed by atoms with Crippen LogP contribution in [0.3, 0.4) is 0 Å². The molecule has 0 radical (unpaired) electrons. The number of nitrogens with zero attached hydrogens (tertiary/aromatic N) is 2. The van der Waals surface area contributed by atoms with Crippen LogP contribution in [-0.4, -0.2) is 47.9 Å². The van der Waals surface area contributed by atoms with Crippen molar-refractivity contribution in [1.82, 2.24) is 20.7 Å². The standard InChI is InChI=1S/C16H22N4O3/c1-3-17-16(23)19(2)18-15(22)13-9-14(21)20(11-13)10-12-7-5-4-6-8-12/h4-8,13H,3,9-11H2,1-2H3,(H,17,23)(H,18,22)/t13-/m1/s1. The molecule has 2 rings (SSSR count). The molecular formula is C16H22N4O3. The zero-order valence-electron chi connectivity index (χ0n) is 13.4. The van der Waals surface area contributed by atoms with E-state index >= 15 is 0 Å². The quantitative estimate of drug-likeness (QED) is 0.803. The van der Waals surface area contributed by atoms with Crippen LogP contribution < -0.4 is 10.7 Å². The number of hydrogen-bond acceptors (Lipinski definition) is 3. The number of hydrogen-bond donors (Lipinski definition) is 2. The number of amides is 4. The van der Waals surface area contributed by atoms with Gasteiger partial charge in [-0.2, -0.15) is 0 Å². The third-order valence-corrected chi connectivity index (χ3v) is 3.71. The first-order chi connectivity index (χ1) is 11.0. The first-order valence-electron chi connectivity index (χ1n) is 7.65. The Morgan fingerprint density at radius 3 is 2.65 bits per heavy atom. The third-order valence-electron chi connectivity index (χ3n) is 3.71. The van der Waals surface area contributed by atoms with Gasteiger partial charge in [-0.1, -0.05) is 30.3 Å². The van der Waals surface area contributed by atoms with Gasteiger partial charge in [0, 0.05) is 33.1 Å². The molecular weight excluding hydrogens is 296 g/mol. The molecule has 1 aliphatic rings. The average Bonchev–Trinajstić information content (AvgIpc) is 2.89. The van der Waals surface area contributed by atoms with Crippen molar-refractivity contribution in [3.63, 3.8) is 0 Å². The van der Waals surface area contributed by atoms with E-state index < -0.39 is 5.92 Å². The summed E-state index contributed by atoms with van der Waals surface area (Å²) in [4.78, 5) is 37.5. The first kappa shape index (κ1) is 16.8. The zero-order valence-corrected chi connectivity index (χ0v) is 13.4. The second kappa shape index (κ2) is 7.62. The van der Waals surface area contributed by atoms with Gasteiger partial charge in [0.15, 0.2) is 0 Å². The summed E-state index contributed by atoms with van der Waals surface area (Å²) in [5.41, 5.74) is 3.54. The van der Waals surface area contributed by atoms with Gasteiger partial charge in [-0.15, -0.1) is 0 Å². The minimum atomic E-state index is -0.442. The summed E-state index contributed by atoms with van der Waals surface area (Å²) in [6.07, 6.45) is 0.169. The van der Waals surface area contributed by atoms with Crippen molar-refractivity contribution in [2.75, 3.05) is 20.1 Å². The largest absolute Gasteiger partial charge is 0.338 e. The van der Waals surface area contributed by atoms with Crippen LogP contribution >= 0.6 is 0 Å². The Hall–Kier alpha value is -2.57. The average molecular weight is 318 g/mol. The fraction of sp³-hybridized carbons (Fsp3) is 0.438. The predicted molar refractivity (Wildman–Crippen MR) is 84.9 cm³/mol. The number of likely N-dealkylation sites (tertiary alicyclic amines) is 1. The van der Waals surface area contributed by atoms with E-state index in [1.165, 1.54) is 7.05 Å². The number of urea groups is 1. The molecule has 1 aromatic rings. The molecule has 0 unspecified atom stereocenters. The number of nitrogens with one attached hydrogen (secondary N) is 2. The summed E-state index contributed by atoms with van der Waals surface area (Å²) in [5.74, 6) is -0.805. The van der Waals surface area contributed by atoms with E-state index in [0.29, 0.717) is 19.6 Å². The maximum Gasteiger partial charge on any atom is 0.335 e. The van der Waals surface area contributed by atoms with Gasteiger partial charge in [0.25, 0.3) is 0 Å². The van der Waals surface area contributed by atoms with Gasteiger partial charge < -0.3 is 10.2 Å². The van der Waals surface area contributed by atoms with E-state index in [1.54, 1.807) is 11.8 Å². The number of rotatable bonds is 4. The fourth-order valence-electron chi connectivity index (χ4n) is 2.48. The fourth-order valence-corrected chi connectivity index (χ4v) is 2.48. The molecule has 0 aromatic heterocycles. The summed E-state index contributed by atoms with van der Waals surface area (Å²) in [5, 5.41) is 3.69. The SMILES string of the molecule is CCNC(=O)N(C)NC(=O)[C@@H]1CC(=O)N(Cc2ccccc2)C1. The molecule has 0 aliphatic carbocycles. The number of carbonyl (C=O) groups excluding carboxylic acids is 3. The number of carbonyl (C=O) groups is 3. The molecule has 0 saturated carbocycles. The van der Waals surface area contributed by atoms with Gasteiger partial charge in [0.05, 0.1) is 5.92 Å². The Labute approximate surface area is 135 Å². The van der Waals surface area contributed by atoms with E-state index in [0.717, 1.165) is 10.6 Å². The normalized spacial score (nSPS) is 17.0. The summed E-state index contributed by atoms with van der Waals surface area (Å²) < 4.78 is 0. The van der Waals surface area contributed by atoms with Crippen LogP contribution in [0.2, 0.25) is 0 Å². The second-order valence-corrected chi connectivity index (χ2v) is 5.53. The third kappa shape index (κ3) is 4.45. The van der Waals surface area contributed by atoms with Crippen LogP contribution in [0, 0.1) is 5.92 Å². The monoisotopic (exact) mass is 318 g/mol. The minimum Gasteiger partial charge on any atom is -0.338 e. The van der Waals surface area contributed by atoms with Gasteiger partial charge >= 0.3 is 6.03 Å². The van der Waals surface area contributed by atoms with E-state index in [2.05, 4.69) is 10.7 Å². The molecule has 1 fully saturated rings. The second-order valence-electron chi connectivity index (χ2n) is 5.53. The molecule has 1 aromatic carbocycles. The van der Waals surface area contributed by atoms with Crippen LogP contribution in [0.1, 0.15) is 18.9 Å². The van der Waals surface area contributed by atoms with E-state index in [4.69, 9.17) is 0 Å². The summed E-state index contributed by atoms with van der Waals surface area (Å²) >= 11 is 0. The van der Waals surface area contributed by atoms with Crippen molar-refractivity contribution in [3.05, 3.63) is 35.9 Å². The zero-order chi connectivity index (χ0) is 16.8. The first-order valence-corrected chi connectivity index (χ1v) is 7.65. The molecule has 1 atom stereocenters. The van der Waals surface area contributed by atoms with Gasteiger partial charge in [0.2, 0.25) is 11.8 Å². The molecule has 7 nitrogen and oxygen atoms in total. The highest BCUT2D eigenvalue weighted by Gasteiger charge is 2.34. The smallest absolute Gasteiger partial charge is 0.335 e. The van der Waals surface area contributed by atoms with Gasteiger partial charge in [-0.3, -0.25) is 15.0 Å². The lowest BCUT2D eigenvalue weighted by Crippen LogP contribution is -2.50. The van der Waals surface area contributed by atoms with Crippen molar-refractivity contribution in [3.8, 4) is 0 Å². The number of benzene rings is 1.